The van der Waals surface area contributed by atoms with Crippen LogP contribution in [0.5, 0.6) is 0 Å². The maximum atomic E-state index is 9.58. The first kappa shape index (κ1) is 16.5. The van der Waals surface area contributed by atoms with E-state index in [9.17, 15) is 5.26 Å². The van der Waals surface area contributed by atoms with Crippen LogP contribution in [0.25, 0.3) is 33.9 Å². The molecule has 0 N–H and O–H groups in total. The Kier molecular flexibility index (Phi) is 4.79. The molecule has 0 aliphatic heterocycles. The van der Waals surface area contributed by atoms with Crippen molar-refractivity contribution in [1.29, 1.82) is 5.26 Å². The first-order chi connectivity index (χ1) is 12.8. The lowest BCUT2D eigenvalue weighted by Gasteiger charge is -2.03. The van der Waals surface area contributed by atoms with Gasteiger partial charge in [0, 0.05) is 0 Å². The van der Waals surface area contributed by atoms with Crippen LogP contribution in [0.2, 0.25) is 0 Å². The van der Waals surface area contributed by atoms with Crippen LogP contribution < -0.4 is 0 Å². The van der Waals surface area contributed by atoms with Crippen LogP contribution in [0.3, 0.4) is 0 Å². The average molecular weight is 370 g/mol. The standard InChI is InChI=1S/C23H15NS2/c24-14-23(20-7-5-19(6-8-20)22-10-12-26-16-22)13-17-1-3-18(4-2-17)21-9-11-25-15-21/h1-13,15-16H/b23-13+. The van der Waals surface area contributed by atoms with Crippen molar-refractivity contribution < 1.29 is 0 Å². The molecule has 0 radical (unpaired) electrons. The first-order valence-corrected chi connectivity index (χ1v) is 10.1. The number of rotatable bonds is 4. The molecule has 4 aromatic rings. The van der Waals surface area contributed by atoms with Crippen LogP contribution >= 0.6 is 22.7 Å². The SMILES string of the molecule is N#C/C(=C\c1ccc(-c2ccsc2)cc1)c1ccc(-c2ccsc2)cc1. The van der Waals surface area contributed by atoms with Gasteiger partial charge in [-0.2, -0.15) is 27.9 Å². The fourth-order valence-electron chi connectivity index (χ4n) is 2.82. The molecule has 0 atom stereocenters. The smallest absolute Gasteiger partial charge is 0.0998 e. The second kappa shape index (κ2) is 7.53. The van der Waals surface area contributed by atoms with E-state index in [-0.39, 0.29) is 0 Å². The highest BCUT2D eigenvalue weighted by Gasteiger charge is 2.04. The van der Waals surface area contributed by atoms with Gasteiger partial charge in [-0.25, -0.2) is 0 Å². The summed E-state index contributed by atoms with van der Waals surface area (Å²) in [6.07, 6.45) is 1.94. The van der Waals surface area contributed by atoms with Crippen LogP contribution in [0.4, 0.5) is 0 Å². The largest absolute Gasteiger partial charge is 0.192 e. The van der Waals surface area contributed by atoms with Crippen molar-refractivity contribution in [2.24, 2.45) is 0 Å². The third kappa shape index (κ3) is 3.52. The highest BCUT2D eigenvalue weighted by Crippen LogP contribution is 2.26. The van der Waals surface area contributed by atoms with Gasteiger partial charge >= 0.3 is 0 Å². The Morgan fingerprint density at radius 1 is 0.692 bits per heavy atom. The number of hydrogen-bond acceptors (Lipinski definition) is 3. The summed E-state index contributed by atoms with van der Waals surface area (Å²) in [5.74, 6) is 0. The zero-order chi connectivity index (χ0) is 17.8. The molecule has 2 heterocycles. The molecule has 2 aromatic heterocycles. The van der Waals surface area contributed by atoms with E-state index in [0.29, 0.717) is 5.57 Å². The molecule has 26 heavy (non-hydrogen) atoms. The Morgan fingerprint density at radius 2 is 1.23 bits per heavy atom. The minimum absolute atomic E-state index is 0.671. The van der Waals surface area contributed by atoms with Crippen molar-refractivity contribution in [3.05, 3.63) is 93.3 Å². The fourth-order valence-corrected chi connectivity index (χ4v) is 4.15. The van der Waals surface area contributed by atoms with Crippen molar-refractivity contribution in [3.8, 4) is 28.3 Å². The average Bonchev–Trinajstić information content (AvgIpc) is 3.41. The molecule has 0 unspecified atom stereocenters. The molecule has 0 aliphatic carbocycles. The van der Waals surface area contributed by atoms with Crippen molar-refractivity contribution in [3.63, 3.8) is 0 Å². The van der Waals surface area contributed by atoms with Crippen LogP contribution in [0.1, 0.15) is 11.1 Å². The quantitative estimate of drug-likeness (QED) is 0.275. The highest BCUT2D eigenvalue weighted by molar-refractivity contribution is 7.08. The monoisotopic (exact) mass is 369 g/mol. The van der Waals surface area contributed by atoms with Gasteiger partial charge in [-0.05, 0) is 73.1 Å². The summed E-state index contributed by atoms with van der Waals surface area (Å²) in [4.78, 5) is 0. The van der Waals surface area contributed by atoms with Gasteiger partial charge in [0.2, 0.25) is 0 Å². The third-order valence-electron chi connectivity index (χ3n) is 4.25. The molecule has 0 fully saturated rings. The molecule has 0 amide bonds. The van der Waals surface area contributed by atoms with Crippen molar-refractivity contribution in [2.45, 2.75) is 0 Å². The predicted molar refractivity (Wildman–Crippen MR) is 113 cm³/mol. The lowest BCUT2D eigenvalue weighted by atomic mass is 10.00. The molecular formula is C23H15NS2. The minimum Gasteiger partial charge on any atom is -0.192 e. The highest BCUT2D eigenvalue weighted by atomic mass is 32.1. The van der Waals surface area contributed by atoms with Gasteiger partial charge in [0.25, 0.3) is 0 Å². The summed E-state index contributed by atoms with van der Waals surface area (Å²) in [5.41, 5.74) is 7.46. The van der Waals surface area contributed by atoms with Crippen molar-refractivity contribution >= 4 is 34.3 Å². The maximum absolute atomic E-state index is 9.58. The number of thiophene rings is 2. The molecular weight excluding hydrogens is 354 g/mol. The van der Waals surface area contributed by atoms with E-state index in [0.717, 1.165) is 11.1 Å². The zero-order valence-electron chi connectivity index (χ0n) is 13.9. The topological polar surface area (TPSA) is 23.8 Å². The number of hydrogen-bond donors (Lipinski definition) is 0. The van der Waals surface area contributed by atoms with Gasteiger partial charge < -0.3 is 0 Å². The van der Waals surface area contributed by atoms with Crippen molar-refractivity contribution in [2.75, 3.05) is 0 Å². The Bertz CT molecular complexity index is 1050. The molecule has 0 saturated heterocycles. The van der Waals surface area contributed by atoms with E-state index < -0.39 is 0 Å². The Balaban J connectivity index is 1.59. The molecule has 0 aliphatic rings. The molecule has 0 saturated carbocycles. The summed E-state index contributed by atoms with van der Waals surface area (Å²) in [5, 5.41) is 18.0. The molecule has 2 aromatic carbocycles. The normalized spacial score (nSPS) is 11.3. The summed E-state index contributed by atoms with van der Waals surface area (Å²) >= 11 is 3.38. The molecule has 124 valence electrons. The summed E-state index contributed by atoms with van der Waals surface area (Å²) in [6.45, 7) is 0. The predicted octanol–water partition coefficient (Wildman–Crippen LogP) is 7.21. The molecule has 4 rings (SSSR count). The second-order valence-electron chi connectivity index (χ2n) is 5.89. The fraction of sp³-hybridized carbons (Fsp3) is 0. The van der Waals surface area contributed by atoms with Gasteiger partial charge in [-0.1, -0.05) is 48.5 Å². The number of nitriles is 1. The van der Waals surface area contributed by atoms with Gasteiger partial charge in [0.15, 0.2) is 0 Å². The lowest BCUT2D eigenvalue weighted by Crippen LogP contribution is -1.83. The molecule has 0 bridgehead atoms. The van der Waals surface area contributed by atoms with Crippen LogP contribution in [-0.2, 0) is 0 Å². The first-order valence-electron chi connectivity index (χ1n) is 8.21. The lowest BCUT2D eigenvalue weighted by molar-refractivity contribution is 1.52. The summed E-state index contributed by atoms with van der Waals surface area (Å²) in [6, 6.07) is 23.0. The van der Waals surface area contributed by atoms with Crippen LogP contribution in [0, 0.1) is 11.3 Å². The van der Waals surface area contributed by atoms with Crippen LogP contribution in [-0.4, -0.2) is 0 Å². The second-order valence-corrected chi connectivity index (χ2v) is 7.45. The van der Waals surface area contributed by atoms with E-state index >= 15 is 0 Å². The zero-order valence-corrected chi connectivity index (χ0v) is 15.6. The van der Waals surface area contributed by atoms with E-state index in [1.807, 2.05) is 18.2 Å². The number of allylic oxidation sites excluding steroid dienone is 1. The van der Waals surface area contributed by atoms with Gasteiger partial charge in [-0.3, -0.25) is 0 Å². The summed E-state index contributed by atoms with van der Waals surface area (Å²) in [7, 11) is 0. The van der Waals surface area contributed by atoms with E-state index in [4.69, 9.17) is 0 Å². The van der Waals surface area contributed by atoms with Gasteiger partial charge in [0.1, 0.15) is 0 Å². The van der Waals surface area contributed by atoms with Gasteiger partial charge in [0.05, 0.1) is 11.6 Å². The Labute approximate surface area is 161 Å². The van der Waals surface area contributed by atoms with Crippen LogP contribution in [0.15, 0.2) is 82.2 Å². The molecule has 0 spiro atoms. The van der Waals surface area contributed by atoms with Gasteiger partial charge in [-0.15, -0.1) is 0 Å². The number of nitrogens with zero attached hydrogens (tertiary/aromatic N) is 1. The minimum atomic E-state index is 0.671. The Hall–Kier alpha value is -2.93. The van der Waals surface area contributed by atoms with E-state index in [1.165, 1.54) is 22.3 Å². The summed E-state index contributed by atoms with van der Waals surface area (Å²) < 4.78 is 0. The van der Waals surface area contributed by atoms with E-state index in [1.54, 1.807) is 22.7 Å². The Morgan fingerprint density at radius 3 is 1.69 bits per heavy atom. The number of benzene rings is 2. The third-order valence-corrected chi connectivity index (χ3v) is 5.61. The maximum Gasteiger partial charge on any atom is 0.0998 e. The van der Waals surface area contributed by atoms with E-state index in [2.05, 4.69) is 76.1 Å². The van der Waals surface area contributed by atoms with Crippen molar-refractivity contribution in [1.82, 2.24) is 0 Å². The molecule has 3 heteroatoms. The molecule has 1 nitrogen and oxygen atoms in total.